The summed E-state index contributed by atoms with van der Waals surface area (Å²) in [6.45, 7) is 9.80. The lowest BCUT2D eigenvalue weighted by atomic mass is 10.0. The second-order valence-corrected chi connectivity index (χ2v) is 7.03. The molecule has 1 saturated heterocycles. The van der Waals surface area contributed by atoms with E-state index in [1.165, 1.54) is 5.56 Å². The number of piperazine rings is 1. The molecule has 1 amide bonds. The number of carbonyl (C=O) groups excluding carboxylic acids is 1. The number of amides is 1. The van der Waals surface area contributed by atoms with E-state index in [1.807, 2.05) is 6.07 Å². The highest BCUT2D eigenvalue weighted by Crippen LogP contribution is 2.08. The summed E-state index contributed by atoms with van der Waals surface area (Å²) in [6.07, 6.45) is 0.410. The van der Waals surface area contributed by atoms with Crippen molar-refractivity contribution in [3.05, 3.63) is 35.9 Å². The Morgan fingerprint density at radius 1 is 1.12 bits per heavy atom. The highest BCUT2D eigenvalue weighted by atomic mass is 16.3. The van der Waals surface area contributed by atoms with Crippen molar-refractivity contribution in [3.8, 4) is 0 Å². The lowest BCUT2D eigenvalue weighted by molar-refractivity contribution is -0.122. The van der Waals surface area contributed by atoms with Crippen LogP contribution < -0.4 is 5.32 Å². The van der Waals surface area contributed by atoms with Crippen LogP contribution in [0, 0.1) is 5.92 Å². The summed E-state index contributed by atoms with van der Waals surface area (Å²) in [5.74, 6) is 0.389. The Bertz CT molecular complexity index is 485. The molecule has 5 nitrogen and oxygen atoms in total. The Morgan fingerprint density at radius 3 is 2.38 bits per heavy atom. The summed E-state index contributed by atoms with van der Waals surface area (Å²) < 4.78 is 0. The van der Waals surface area contributed by atoms with Crippen LogP contribution in [-0.4, -0.2) is 66.2 Å². The minimum Gasteiger partial charge on any atom is -0.393 e. The van der Waals surface area contributed by atoms with Crippen LogP contribution in [0.5, 0.6) is 0 Å². The summed E-state index contributed by atoms with van der Waals surface area (Å²) in [5.41, 5.74) is 1.34. The lowest BCUT2D eigenvalue weighted by Gasteiger charge is -2.34. The molecule has 1 aromatic carbocycles. The maximum Gasteiger partial charge on any atom is 0.234 e. The van der Waals surface area contributed by atoms with Crippen molar-refractivity contribution in [3.63, 3.8) is 0 Å². The standard InChI is InChI=1S/C19H31N3O2/c1-16(12-17(2)23)13-20-19(24)15-22-10-8-21(9-11-22)14-18-6-4-3-5-7-18/h3-7,16-17,23H,8-15H2,1-2H3,(H,20,24). The fourth-order valence-electron chi connectivity index (χ4n) is 3.16. The molecule has 2 unspecified atom stereocenters. The molecule has 2 atom stereocenters. The Hall–Kier alpha value is -1.43. The molecule has 1 heterocycles. The van der Waals surface area contributed by atoms with E-state index in [1.54, 1.807) is 6.92 Å². The number of aliphatic hydroxyl groups is 1. The highest BCUT2D eigenvalue weighted by molar-refractivity contribution is 5.78. The molecule has 1 aromatic rings. The zero-order valence-corrected chi connectivity index (χ0v) is 14.9. The van der Waals surface area contributed by atoms with Gasteiger partial charge in [0.05, 0.1) is 12.6 Å². The van der Waals surface area contributed by atoms with Crippen molar-refractivity contribution in [2.24, 2.45) is 5.92 Å². The van der Waals surface area contributed by atoms with E-state index in [0.717, 1.165) is 39.1 Å². The number of rotatable bonds is 8. The molecule has 1 aliphatic heterocycles. The molecule has 0 bridgehead atoms. The van der Waals surface area contributed by atoms with E-state index in [0.29, 0.717) is 19.0 Å². The number of hydrogen-bond donors (Lipinski definition) is 2. The molecule has 0 spiro atoms. The Balaban J connectivity index is 1.63. The van der Waals surface area contributed by atoms with Gasteiger partial charge in [-0.2, -0.15) is 0 Å². The predicted molar refractivity (Wildman–Crippen MR) is 96.6 cm³/mol. The van der Waals surface area contributed by atoms with Crippen LogP contribution >= 0.6 is 0 Å². The SMILES string of the molecule is CC(O)CC(C)CNC(=O)CN1CCN(Cc2ccccc2)CC1. The first-order valence-electron chi connectivity index (χ1n) is 8.96. The molecule has 0 radical (unpaired) electrons. The largest absolute Gasteiger partial charge is 0.393 e. The monoisotopic (exact) mass is 333 g/mol. The van der Waals surface area contributed by atoms with E-state index < -0.39 is 0 Å². The zero-order valence-electron chi connectivity index (χ0n) is 14.9. The molecule has 0 aliphatic carbocycles. The number of benzene rings is 1. The van der Waals surface area contributed by atoms with Crippen LogP contribution in [0.25, 0.3) is 0 Å². The molecule has 1 fully saturated rings. The second-order valence-electron chi connectivity index (χ2n) is 7.03. The van der Waals surface area contributed by atoms with E-state index in [2.05, 4.69) is 46.3 Å². The van der Waals surface area contributed by atoms with E-state index >= 15 is 0 Å². The van der Waals surface area contributed by atoms with Crippen LogP contribution in [0.2, 0.25) is 0 Å². The third kappa shape index (κ3) is 6.99. The van der Waals surface area contributed by atoms with Crippen LogP contribution in [0.4, 0.5) is 0 Å². The van der Waals surface area contributed by atoms with Gasteiger partial charge >= 0.3 is 0 Å². The topological polar surface area (TPSA) is 55.8 Å². The maximum atomic E-state index is 12.0. The minimum absolute atomic E-state index is 0.0870. The van der Waals surface area contributed by atoms with Crippen LogP contribution in [0.1, 0.15) is 25.8 Å². The van der Waals surface area contributed by atoms with Crippen molar-refractivity contribution in [2.45, 2.75) is 32.9 Å². The van der Waals surface area contributed by atoms with Gasteiger partial charge in [0.2, 0.25) is 5.91 Å². The number of aliphatic hydroxyl groups excluding tert-OH is 1. The highest BCUT2D eigenvalue weighted by Gasteiger charge is 2.19. The average Bonchev–Trinajstić information content (AvgIpc) is 2.55. The number of carbonyl (C=O) groups is 1. The molecule has 134 valence electrons. The number of nitrogens with one attached hydrogen (secondary N) is 1. The van der Waals surface area contributed by atoms with E-state index in [4.69, 9.17) is 0 Å². The molecule has 0 saturated carbocycles. The molecule has 2 N–H and O–H groups in total. The van der Waals surface area contributed by atoms with Gasteiger partial charge in [0.25, 0.3) is 0 Å². The molecule has 24 heavy (non-hydrogen) atoms. The Labute approximate surface area is 145 Å². The second kappa shape index (κ2) is 9.77. The van der Waals surface area contributed by atoms with E-state index in [-0.39, 0.29) is 12.0 Å². The molecular weight excluding hydrogens is 302 g/mol. The van der Waals surface area contributed by atoms with Gasteiger partial charge in [0, 0.05) is 39.3 Å². The van der Waals surface area contributed by atoms with Gasteiger partial charge in [-0.3, -0.25) is 14.6 Å². The minimum atomic E-state index is -0.311. The Kier molecular flexibility index (Phi) is 7.69. The normalized spacial score (nSPS) is 19.0. The first-order valence-corrected chi connectivity index (χ1v) is 8.96. The fourth-order valence-corrected chi connectivity index (χ4v) is 3.16. The lowest BCUT2D eigenvalue weighted by Crippen LogP contribution is -2.49. The molecule has 0 aromatic heterocycles. The van der Waals surface area contributed by atoms with Gasteiger partial charge in [-0.15, -0.1) is 0 Å². The van der Waals surface area contributed by atoms with Gasteiger partial charge < -0.3 is 10.4 Å². The van der Waals surface area contributed by atoms with Crippen molar-refractivity contribution in [1.29, 1.82) is 0 Å². The van der Waals surface area contributed by atoms with Gasteiger partial charge in [0.1, 0.15) is 0 Å². The zero-order chi connectivity index (χ0) is 17.4. The molecule has 1 aliphatic rings. The van der Waals surface area contributed by atoms with Crippen molar-refractivity contribution in [1.82, 2.24) is 15.1 Å². The van der Waals surface area contributed by atoms with Gasteiger partial charge in [-0.25, -0.2) is 0 Å². The molecule has 2 rings (SSSR count). The first kappa shape index (κ1) is 18.9. The van der Waals surface area contributed by atoms with Crippen molar-refractivity contribution in [2.75, 3.05) is 39.3 Å². The third-order valence-corrected chi connectivity index (χ3v) is 4.47. The first-order chi connectivity index (χ1) is 11.5. The summed E-state index contributed by atoms with van der Waals surface area (Å²) in [6, 6.07) is 10.5. The summed E-state index contributed by atoms with van der Waals surface area (Å²) in [4.78, 5) is 16.7. The molecule has 5 heteroatoms. The molecular formula is C19H31N3O2. The van der Waals surface area contributed by atoms with Crippen LogP contribution in [-0.2, 0) is 11.3 Å². The van der Waals surface area contributed by atoms with E-state index in [9.17, 15) is 9.90 Å². The van der Waals surface area contributed by atoms with Gasteiger partial charge in [0.15, 0.2) is 0 Å². The smallest absolute Gasteiger partial charge is 0.234 e. The van der Waals surface area contributed by atoms with Crippen molar-refractivity contribution < 1.29 is 9.90 Å². The third-order valence-electron chi connectivity index (χ3n) is 4.47. The van der Waals surface area contributed by atoms with Gasteiger partial charge in [-0.05, 0) is 24.8 Å². The average molecular weight is 333 g/mol. The number of hydrogen-bond acceptors (Lipinski definition) is 4. The Morgan fingerprint density at radius 2 is 1.75 bits per heavy atom. The van der Waals surface area contributed by atoms with Gasteiger partial charge in [-0.1, -0.05) is 37.3 Å². The fraction of sp³-hybridized carbons (Fsp3) is 0.632. The summed E-state index contributed by atoms with van der Waals surface area (Å²) in [5, 5.41) is 12.3. The maximum absolute atomic E-state index is 12.0. The summed E-state index contributed by atoms with van der Waals surface area (Å²) >= 11 is 0. The van der Waals surface area contributed by atoms with Crippen molar-refractivity contribution >= 4 is 5.91 Å². The van der Waals surface area contributed by atoms with Crippen LogP contribution in [0.3, 0.4) is 0 Å². The van der Waals surface area contributed by atoms with Crippen LogP contribution in [0.15, 0.2) is 30.3 Å². The predicted octanol–water partition coefficient (Wildman–Crippen LogP) is 1.33. The summed E-state index contributed by atoms with van der Waals surface area (Å²) in [7, 11) is 0. The number of nitrogens with zero attached hydrogens (tertiary/aromatic N) is 2. The quantitative estimate of drug-likeness (QED) is 0.754.